The summed E-state index contributed by atoms with van der Waals surface area (Å²) in [5, 5.41) is 4.87. The maximum atomic E-state index is 4.87. The number of hydrogen-bond acceptors (Lipinski definition) is 3. The first-order chi connectivity index (χ1) is 7.92. The fourth-order valence-corrected chi connectivity index (χ4v) is 4.23. The normalized spacial score (nSPS) is 27.6. The standard InChI is InChI=1S/C14H24N2S/c1-6-11-10(2)17-12(16-11)14(15-5)8-7-13(3,4)9-14/h15H,6-9H2,1-5H3. The molecule has 96 valence electrons. The van der Waals surface area contributed by atoms with Gasteiger partial charge < -0.3 is 5.32 Å². The molecule has 1 atom stereocenters. The third-order valence-electron chi connectivity index (χ3n) is 4.12. The van der Waals surface area contributed by atoms with E-state index < -0.39 is 0 Å². The van der Waals surface area contributed by atoms with Crippen LogP contribution in [-0.4, -0.2) is 12.0 Å². The Kier molecular flexibility index (Phi) is 3.34. The van der Waals surface area contributed by atoms with Gasteiger partial charge in [0.2, 0.25) is 0 Å². The highest BCUT2D eigenvalue weighted by atomic mass is 32.1. The Bertz CT molecular complexity index is 408. The van der Waals surface area contributed by atoms with Crippen molar-refractivity contribution < 1.29 is 0 Å². The minimum Gasteiger partial charge on any atom is -0.308 e. The molecule has 1 aromatic rings. The molecule has 0 amide bonds. The first-order valence-electron chi connectivity index (χ1n) is 6.58. The summed E-state index contributed by atoms with van der Waals surface area (Å²) >= 11 is 1.89. The molecule has 1 aliphatic rings. The molecule has 1 fully saturated rings. The fraction of sp³-hybridized carbons (Fsp3) is 0.786. The van der Waals surface area contributed by atoms with Crippen molar-refractivity contribution in [2.75, 3.05) is 7.05 Å². The van der Waals surface area contributed by atoms with E-state index in [4.69, 9.17) is 4.98 Å². The number of rotatable bonds is 3. The smallest absolute Gasteiger partial charge is 0.113 e. The molecule has 3 heteroatoms. The van der Waals surface area contributed by atoms with Crippen molar-refractivity contribution in [2.45, 2.75) is 58.9 Å². The molecule has 1 N–H and O–H groups in total. The topological polar surface area (TPSA) is 24.9 Å². The van der Waals surface area contributed by atoms with Crippen molar-refractivity contribution in [3.8, 4) is 0 Å². The van der Waals surface area contributed by atoms with Gasteiger partial charge in [0.05, 0.1) is 11.2 Å². The number of thiazole rings is 1. The second-order valence-corrected chi connectivity index (χ2v) is 7.25. The molecule has 0 aliphatic heterocycles. The number of nitrogens with zero attached hydrogens (tertiary/aromatic N) is 1. The Morgan fingerprint density at radius 3 is 2.47 bits per heavy atom. The number of nitrogens with one attached hydrogen (secondary N) is 1. The lowest BCUT2D eigenvalue weighted by Gasteiger charge is -2.28. The molecule has 0 aromatic carbocycles. The van der Waals surface area contributed by atoms with Gasteiger partial charge in [-0.15, -0.1) is 11.3 Å². The predicted molar refractivity (Wildman–Crippen MR) is 74.6 cm³/mol. The largest absolute Gasteiger partial charge is 0.308 e. The van der Waals surface area contributed by atoms with E-state index in [0.29, 0.717) is 5.41 Å². The van der Waals surface area contributed by atoms with E-state index >= 15 is 0 Å². The number of hydrogen-bond donors (Lipinski definition) is 1. The summed E-state index contributed by atoms with van der Waals surface area (Å²) in [6.07, 6.45) is 4.75. The average Bonchev–Trinajstić information content (AvgIpc) is 2.80. The van der Waals surface area contributed by atoms with Crippen LogP contribution in [0.5, 0.6) is 0 Å². The van der Waals surface area contributed by atoms with E-state index in [1.807, 2.05) is 11.3 Å². The van der Waals surface area contributed by atoms with E-state index in [1.165, 1.54) is 34.8 Å². The molecular weight excluding hydrogens is 228 g/mol. The first kappa shape index (κ1) is 13.0. The summed E-state index contributed by atoms with van der Waals surface area (Å²) in [4.78, 5) is 6.27. The summed E-state index contributed by atoms with van der Waals surface area (Å²) in [6, 6.07) is 0. The van der Waals surface area contributed by atoms with Crippen LogP contribution in [0, 0.1) is 12.3 Å². The average molecular weight is 252 g/mol. The molecule has 2 nitrogen and oxygen atoms in total. The molecule has 0 radical (unpaired) electrons. The minimum atomic E-state index is 0.131. The van der Waals surface area contributed by atoms with Crippen LogP contribution < -0.4 is 5.32 Å². The Labute approximate surface area is 109 Å². The van der Waals surface area contributed by atoms with Gasteiger partial charge in [0.1, 0.15) is 5.01 Å². The van der Waals surface area contributed by atoms with E-state index in [1.54, 1.807) is 0 Å². The Balaban J connectivity index is 2.35. The predicted octanol–water partition coefficient (Wildman–Crippen LogP) is 3.64. The second-order valence-electron chi connectivity index (χ2n) is 6.05. The van der Waals surface area contributed by atoms with Crippen LogP contribution in [0.2, 0.25) is 0 Å². The van der Waals surface area contributed by atoms with Crippen LogP contribution in [0.4, 0.5) is 0 Å². The highest BCUT2D eigenvalue weighted by Gasteiger charge is 2.45. The quantitative estimate of drug-likeness (QED) is 0.888. The summed E-state index contributed by atoms with van der Waals surface area (Å²) in [7, 11) is 2.09. The highest BCUT2D eigenvalue weighted by molar-refractivity contribution is 7.11. The maximum absolute atomic E-state index is 4.87. The van der Waals surface area contributed by atoms with Crippen molar-refractivity contribution in [1.82, 2.24) is 10.3 Å². The van der Waals surface area contributed by atoms with Crippen LogP contribution in [0.25, 0.3) is 0 Å². The van der Waals surface area contributed by atoms with Gasteiger partial charge in [-0.3, -0.25) is 0 Å². The molecule has 1 unspecified atom stereocenters. The first-order valence-corrected chi connectivity index (χ1v) is 7.40. The lowest BCUT2D eigenvalue weighted by molar-refractivity contribution is 0.303. The Morgan fingerprint density at radius 2 is 2.06 bits per heavy atom. The van der Waals surface area contributed by atoms with Crippen LogP contribution in [-0.2, 0) is 12.0 Å². The molecule has 1 heterocycles. The molecule has 0 bridgehead atoms. The van der Waals surface area contributed by atoms with Crippen LogP contribution >= 0.6 is 11.3 Å². The maximum Gasteiger partial charge on any atom is 0.113 e. The molecule has 2 rings (SSSR count). The van der Waals surface area contributed by atoms with Crippen molar-refractivity contribution in [1.29, 1.82) is 0 Å². The SMILES string of the molecule is CCc1nc(C2(NC)CCC(C)(C)C2)sc1C. The summed E-state index contributed by atoms with van der Waals surface area (Å²) < 4.78 is 0. The van der Waals surface area contributed by atoms with Gasteiger partial charge in [-0.25, -0.2) is 4.98 Å². The zero-order valence-electron chi connectivity index (χ0n) is 11.7. The van der Waals surface area contributed by atoms with Crippen LogP contribution in [0.15, 0.2) is 0 Å². The highest BCUT2D eigenvalue weighted by Crippen LogP contribution is 2.49. The van der Waals surface area contributed by atoms with Gasteiger partial charge in [-0.1, -0.05) is 20.8 Å². The minimum absolute atomic E-state index is 0.131. The van der Waals surface area contributed by atoms with Gasteiger partial charge in [-0.05, 0) is 45.1 Å². The number of aryl methyl sites for hydroxylation is 2. The molecule has 17 heavy (non-hydrogen) atoms. The summed E-state index contributed by atoms with van der Waals surface area (Å²) in [5.41, 5.74) is 1.85. The Morgan fingerprint density at radius 1 is 1.35 bits per heavy atom. The van der Waals surface area contributed by atoms with E-state index in [0.717, 1.165) is 6.42 Å². The molecule has 1 aliphatic carbocycles. The Hall–Kier alpha value is -0.410. The van der Waals surface area contributed by atoms with Gasteiger partial charge in [-0.2, -0.15) is 0 Å². The van der Waals surface area contributed by atoms with Gasteiger partial charge in [0.15, 0.2) is 0 Å². The fourth-order valence-electron chi connectivity index (χ4n) is 3.01. The third-order valence-corrected chi connectivity index (χ3v) is 5.34. The lowest BCUT2D eigenvalue weighted by atomic mass is 9.88. The van der Waals surface area contributed by atoms with E-state index in [9.17, 15) is 0 Å². The second kappa shape index (κ2) is 4.36. The van der Waals surface area contributed by atoms with Crippen molar-refractivity contribution in [3.05, 3.63) is 15.6 Å². The zero-order valence-corrected chi connectivity index (χ0v) is 12.5. The summed E-state index contributed by atoms with van der Waals surface area (Å²) in [5.74, 6) is 0. The van der Waals surface area contributed by atoms with Crippen molar-refractivity contribution in [2.24, 2.45) is 5.41 Å². The van der Waals surface area contributed by atoms with E-state index in [-0.39, 0.29) is 5.54 Å². The van der Waals surface area contributed by atoms with Crippen LogP contribution in [0.1, 0.15) is 55.6 Å². The molecule has 1 aromatic heterocycles. The van der Waals surface area contributed by atoms with E-state index in [2.05, 4.69) is 40.1 Å². The molecular formula is C14H24N2S. The van der Waals surface area contributed by atoms with Crippen molar-refractivity contribution >= 4 is 11.3 Å². The lowest BCUT2D eigenvalue weighted by Crippen LogP contribution is -2.38. The monoisotopic (exact) mass is 252 g/mol. The zero-order chi connectivity index (χ0) is 12.7. The van der Waals surface area contributed by atoms with Gasteiger partial charge >= 0.3 is 0 Å². The van der Waals surface area contributed by atoms with Crippen molar-refractivity contribution in [3.63, 3.8) is 0 Å². The number of aromatic nitrogens is 1. The van der Waals surface area contributed by atoms with Gasteiger partial charge in [0, 0.05) is 4.88 Å². The third kappa shape index (κ3) is 2.27. The van der Waals surface area contributed by atoms with Gasteiger partial charge in [0.25, 0.3) is 0 Å². The summed E-state index contributed by atoms with van der Waals surface area (Å²) in [6.45, 7) is 9.13. The molecule has 1 saturated carbocycles. The van der Waals surface area contributed by atoms with Crippen LogP contribution in [0.3, 0.4) is 0 Å². The molecule has 0 saturated heterocycles. The molecule has 0 spiro atoms.